The van der Waals surface area contributed by atoms with Gasteiger partial charge >= 0.3 is 0 Å². The molecule has 0 spiro atoms. The maximum Gasteiger partial charge on any atom is 0.166 e. The van der Waals surface area contributed by atoms with Gasteiger partial charge in [0.2, 0.25) is 0 Å². The van der Waals surface area contributed by atoms with E-state index in [1.165, 1.54) is 0 Å². The molecule has 0 amide bonds. The largest absolute Gasteiger partial charge is 0.348 e. The molecule has 5 heteroatoms. The number of benzene rings is 1. The molecule has 0 radical (unpaired) electrons. The summed E-state index contributed by atoms with van der Waals surface area (Å²) in [5.41, 5.74) is 0. The minimum absolute atomic E-state index is 0.0255. The maximum atomic E-state index is 12.0. The van der Waals surface area contributed by atoms with E-state index in [0.717, 1.165) is 0 Å². The molecular weight excluding hydrogens is 264 g/mol. The van der Waals surface area contributed by atoms with Crippen LogP contribution in [0.3, 0.4) is 0 Å². The molecule has 1 saturated heterocycles. The van der Waals surface area contributed by atoms with Crippen molar-refractivity contribution in [3.05, 3.63) is 30.3 Å². The molecular formula is C14H18O4S. The van der Waals surface area contributed by atoms with Crippen molar-refractivity contribution in [2.75, 3.05) is 19.0 Å². The Morgan fingerprint density at radius 1 is 1.26 bits per heavy atom. The highest BCUT2D eigenvalue weighted by Gasteiger charge is 2.31. The molecule has 1 aromatic rings. The molecule has 1 aliphatic heterocycles. The summed E-state index contributed by atoms with van der Waals surface area (Å²) in [4.78, 5) is 12.5. The first-order valence-electron chi connectivity index (χ1n) is 6.32. The third-order valence-electron chi connectivity index (χ3n) is 3.05. The minimum Gasteiger partial charge on any atom is -0.348 e. The van der Waals surface area contributed by atoms with Gasteiger partial charge in [-0.3, -0.25) is 9.00 Å². The molecule has 1 fully saturated rings. The molecule has 0 aromatic heterocycles. The second kappa shape index (κ2) is 6.41. The van der Waals surface area contributed by atoms with Crippen molar-refractivity contribution in [1.29, 1.82) is 0 Å². The van der Waals surface area contributed by atoms with Gasteiger partial charge in [0.15, 0.2) is 5.79 Å². The van der Waals surface area contributed by atoms with Crippen molar-refractivity contribution in [3.63, 3.8) is 0 Å². The van der Waals surface area contributed by atoms with Crippen LogP contribution in [0.1, 0.15) is 19.8 Å². The monoisotopic (exact) mass is 282 g/mol. The molecule has 1 aromatic carbocycles. The van der Waals surface area contributed by atoms with Gasteiger partial charge in [-0.15, -0.1) is 0 Å². The van der Waals surface area contributed by atoms with E-state index in [1.54, 1.807) is 12.1 Å². The lowest BCUT2D eigenvalue weighted by Gasteiger charge is -2.21. The fourth-order valence-electron chi connectivity index (χ4n) is 1.94. The van der Waals surface area contributed by atoms with Crippen LogP contribution in [0.4, 0.5) is 0 Å². The average Bonchev–Trinajstić information content (AvgIpc) is 2.85. The summed E-state index contributed by atoms with van der Waals surface area (Å²) in [7, 11) is -1.26. The van der Waals surface area contributed by atoms with Crippen LogP contribution >= 0.6 is 0 Å². The lowest BCUT2D eigenvalue weighted by atomic mass is 10.1. The molecule has 2 rings (SSSR count). The van der Waals surface area contributed by atoms with E-state index < -0.39 is 16.6 Å². The summed E-state index contributed by atoms with van der Waals surface area (Å²) in [6.07, 6.45) is 0.840. The van der Waals surface area contributed by atoms with Gasteiger partial charge in [0.1, 0.15) is 5.78 Å². The van der Waals surface area contributed by atoms with Crippen molar-refractivity contribution >= 4 is 16.6 Å². The predicted molar refractivity (Wildman–Crippen MR) is 72.3 cm³/mol. The number of carbonyl (C=O) groups is 1. The minimum atomic E-state index is -1.26. The Kier molecular flexibility index (Phi) is 4.85. The van der Waals surface area contributed by atoms with Crippen LogP contribution in [0.5, 0.6) is 0 Å². The smallest absolute Gasteiger partial charge is 0.166 e. The molecule has 4 nitrogen and oxygen atoms in total. The molecule has 1 atom stereocenters. The van der Waals surface area contributed by atoms with Gasteiger partial charge in [0, 0.05) is 17.7 Å². The molecule has 0 aliphatic carbocycles. The summed E-state index contributed by atoms with van der Waals surface area (Å²) in [5.74, 6) is -0.619. The van der Waals surface area contributed by atoms with E-state index in [-0.39, 0.29) is 11.5 Å². The Morgan fingerprint density at radius 2 is 1.89 bits per heavy atom. The molecule has 1 aliphatic rings. The molecule has 1 heterocycles. The number of Topliss-reactive ketones (excluding diaryl/α,β-unsaturated/α-hetero) is 1. The average molecular weight is 282 g/mol. The Bertz CT molecular complexity index is 452. The van der Waals surface area contributed by atoms with Gasteiger partial charge in [-0.25, -0.2) is 0 Å². The third-order valence-corrected chi connectivity index (χ3v) is 4.44. The second-order valence-corrected chi connectivity index (χ2v) is 6.12. The number of ketones is 1. The van der Waals surface area contributed by atoms with Crippen molar-refractivity contribution in [3.8, 4) is 0 Å². The van der Waals surface area contributed by atoms with E-state index in [1.807, 2.05) is 25.1 Å². The van der Waals surface area contributed by atoms with Gasteiger partial charge in [0.25, 0.3) is 0 Å². The number of hydrogen-bond acceptors (Lipinski definition) is 4. The molecule has 0 saturated carbocycles. The number of ether oxygens (including phenoxy) is 2. The lowest BCUT2D eigenvalue weighted by Crippen LogP contribution is -2.27. The fraction of sp³-hybridized carbons (Fsp3) is 0.500. The van der Waals surface area contributed by atoms with Gasteiger partial charge in [-0.1, -0.05) is 18.2 Å². The van der Waals surface area contributed by atoms with E-state index >= 15 is 0 Å². The van der Waals surface area contributed by atoms with Crippen LogP contribution in [0.25, 0.3) is 0 Å². The number of carbonyl (C=O) groups excluding carboxylic acids is 1. The number of rotatable bonds is 6. The maximum absolute atomic E-state index is 12.0. The normalized spacial score (nSPS) is 19.2. The molecule has 1 unspecified atom stereocenters. The Morgan fingerprint density at radius 3 is 2.53 bits per heavy atom. The van der Waals surface area contributed by atoms with Gasteiger partial charge < -0.3 is 9.47 Å². The zero-order valence-electron chi connectivity index (χ0n) is 11.0. The first-order valence-corrected chi connectivity index (χ1v) is 7.64. The van der Waals surface area contributed by atoms with Crippen molar-refractivity contribution in [1.82, 2.24) is 0 Å². The van der Waals surface area contributed by atoms with E-state index in [9.17, 15) is 9.00 Å². The standard InChI is InChI=1S/C14H18O4S/c1-14(17-9-10-18-14)8-7-12(15)11-19(16)13-5-3-2-4-6-13/h2-6H,7-11H2,1H3. The van der Waals surface area contributed by atoms with Gasteiger partial charge in [0.05, 0.1) is 29.8 Å². The summed E-state index contributed by atoms with van der Waals surface area (Å²) in [6.45, 7) is 2.97. The highest BCUT2D eigenvalue weighted by Crippen LogP contribution is 2.24. The predicted octanol–water partition coefficient (Wildman–Crippen LogP) is 1.91. The quantitative estimate of drug-likeness (QED) is 0.799. The van der Waals surface area contributed by atoms with Crippen molar-refractivity contribution < 1.29 is 18.5 Å². The highest BCUT2D eigenvalue weighted by atomic mass is 32.2. The topological polar surface area (TPSA) is 52.6 Å². The van der Waals surface area contributed by atoms with E-state index in [4.69, 9.17) is 9.47 Å². The third kappa shape index (κ3) is 4.23. The Labute approximate surface area is 115 Å². The van der Waals surface area contributed by atoms with E-state index in [0.29, 0.717) is 31.0 Å². The fourth-order valence-corrected chi connectivity index (χ4v) is 3.01. The zero-order valence-corrected chi connectivity index (χ0v) is 11.8. The number of hydrogen-bond donors (Lipinski definition) is 0. The van der Waals surface area contributed by atoms with Crippen molar-refractivity contribution in [2.24, 2.45) is 0 Å². The lowest BCUT2D eigenvalue weighted by molar-refractivity contribution is -0.151. The van der Waals surface area contributed by atoms with Crippen LogP contribution in [0.15, 0.2) is 35.2 Å². The Balaban J connectivity index is 1.80. The van der Waals surface area contributed by atoms with Crippen molar-refractivity contribution in [2.45, 2.75) is 30.4 Å². The molecule has 104 valence electrons. The molecule has 0 N–H and O–H groups in total. The van der Waals surface area contributed by atoms with Gasteiger partial charge in [-0.2, -0.15) is 0 Å². The Hall–Kier alpha value is -1.04. The summed E-state index contributed by atoms with van der Waals surface area (Å²) in [6, 6.07) is 9.04. The zero-order chi connectivity index (χ0) is 13.7. The summed E-state index contributed by atoms with van der Waals surface area (Å²) in [5, 5.41) is 0. The molecule has 19 heavy (non-hydrogen) atoms. The van der Waals surface area contributed by atoms with Crippen LogP contribution in [-0.4, -0.2) is 34.7 Å². The SMILES string of the molecule is CC1(CCC(=O)CS(=O)c2ccccc2)OCCO1. The van der Waals surface area contributed by atoms with Crippen LogP contribution in [0, 0.1) is 0 Å². The summed E-state index contributed by atoms with van der Waals surface area (Å²) >= 11 is 0. The van der Waals surface area contributed by atoms with E-state index in [2.05, 4.69) is 0 Å². The highest BCUT2D eigenvalue weighted by molar-refractivity contribution is 7.85. The first-order chi connectivity index (χ1) is 9.09. The first kappa shape index (κ1) is 14.4. The second-order valence-electron chi connectivity index (χ2n) is 4.67. The van der Waals surface area contributed by atoms with Crippen LogP contribution in [0.2, 0.25) is 0 Å². The summed E-state index contributed by atoms with van der Waals surface area (Å²) < 4.78 is 22.8. The molecule has 0 bridgehead atoms. The van der Waals surface area contributed by atoms with Gasteiger partial charge in [-0.05, 0) is 19.1 Å². The van der Waals surface area contributed by atoms with Crippen LogP contribution in [-0.2, 0) is 25.1 Å². The van der Waals surface area contributed by atoms with Crippen LogP contribution < -0.4 is 0 Å².